The summed E-state index contributed by atoms with van der Waals surface area (Å²) >= 11 is 1.74. The maximum atomic E-state index is 6.28. The van der Waals surface area contributed by atoms with Crippen LogP contribution in [0.15, 0.2) is 54.0 Å². The van der Waals surface area contributed by atoms with Gasteiger partial charge in [0.2, 0.25) is 0 Å². The second kappa shape index (κ2) is 6.62. The predicted octanol–water partition coefficient (Wildman–Crippen LogP) is 2.20. The third-order valence-corrected chi connectivity index (χ3v) is 4.98. The molecule has 0 spiro atoms. The third-order valence-electron chi connectivity index (χ3n) is 3.96. The molecule has 0 fully saturated rings. The van der Waals surface area contributed by atoms with Crippen molar-refractivity contribution in [3.8, 4) is 0 Å². The van der Waals surface area contributed by atoms with Crippen molar-refractivity contribution in [1.29, 1.82) is 0 Å². The number of H-pyrrole nitrogens is 1. The molecule has 0 aliphatic carbocycles. The van der Waals surface area contributed by atoms with E-state index in [0.29, 0.717) is 0 Å². The van der Waals surface area contributed by atoms with Gasteiger partial charge >= 0.3 is 0 Å². The van der Waals surface area contributed by atoms with E-state index in [1.54, 1.807) is 24.2 Å². The van der Waals surface area contributed by atoms with E-state index in [-0.39, 0.29) is 6.04 Å². The van der Waals surface area contributed by atoms with Gasteiger partial charge in [-0.1, -0.05) is 17.8 Å². The van der Waals surface area contributed by atoms with E-state index >= 15 is 0 Å². The number of nitrogens with zero attached hydrogens (tertiary/aromatic N) is 4. The number of hydrogen-bond donors (Lipinski definition) is 2. The van der Waals surface area contributed by atoms with Crippen LogP contribution >= 0.6 is 11.8 Å². The highest BCUT2D eigenvalue weighted by atomic mass is 32.2. The number of aromatic amines is 1. The number of benzene rings is 1. The summed E-state index contributed by atoms with van der Waals surface area (Å²) in [4.78, 5) is 4.03. The van der Waals surface area contributed by atoms with Crippen LogP contribution in [-0.4, -0.2) is 43.7 Å². The lowest BCUT2D eigenvalue weighted by Crippen LogP contribution is -2.35. The lowest BCUT2D eigenvalue weighted by Gasteiger charge is -2.18. The second-order valence-corrected chi connectivity index (χ2v) is 6.79. The number of rotatable bonds is 5. The molecule has 3 heterocycles. The smallest absolute Gasteiger partial charge is 0.125 e. The lowest BCUT2D eigenvalue weighted by molar-refractivity contribution is 0.320. The monoisotopic (exact) mass is 338 g/mol. The number of aromatic nitrogens is 3. The first-order chi connectivity index (χ1) is 11.8. The molecule has 0 bridgehead atoms. The van der Waals surface area contributed by atoms with E-state index in [9.17, 15) is 0 Å². The first-order valence-corrected chi connectivity index (χ1v) is 8.81. The van der Waals surface area contributed by atoms with Crippen molar-refractivity contribution in [1.82, 2.24) is 20.2 Å². The van der Waals surface area contributed by atoms with Crippen molar-refractivity contribution in [2.45, 2.75) is 12.5 Å². The maximum absolute atomic E-state index is 6.28. The topological polar surface area (TPSA) is 83.2 Å². The fraction of sp³-hybridized carbons (Fsp3) is 0.235. The number of nitrogens with one attached hydrogen (secondary N) is 1. The van der Waals surface area contributed by atoms with Crippen molar-refractivity contribution < 1.29 is 0 Å². The highest BCUT2D eigenvalue weighted by Crippen LogP contribution is 2.25. The molecule has 0 unspecified atom stereocenters. The Kier molecular flexibility index (Phi) is 4.18. The van der Waals surface area contributed by atoms with E-state index in [2.05, 4.69) is 27.3 Å². The molecule has 0 saturated heterocycles. The van der Waals surface area contributed by atoms with Gasteiger partial charge in [-0.15, -0.1) is 0 Å². The summed E-state index contributed by atoms with van der Waals surface area (Å²) in [5.74, 6) is 0.836. The number of pyridine rings is 1. The Morgan fingerprint density at radius 3 is 3.00 bits per heavy atom. The number of hydrazone groups is 1. The largest absolute Gasteiger partial charge is 0.326 e. The van der Waals surface area contributed by atoms with Crippen molar-refractivity contribution in [2.24, 2.45) is 10.8 Å². The molecule has 7 heteroatoms. The molecule has 1 aliphatic rings. The molecule has 24 heavy (non-hydrogen) atoms. The summed E-state index contributed by atoms with van der Waals surface area (Å²) in [6.07, 6.45) is 6.27. The van der Waals surface area contributed by atoms with Crippen molar-refractivity contribution in [2.75, 3.05) is 12.4 Å². The van der Waals surface area contributed by atoms with Crippen LogP contribution in [0, 0.1) is 0 Å². The number of hydrogen-bond acceptors (Lipinski definition) is 6. The van der Waals surface area contributed by atoms with Crippen molar-refractivity contribution in [3.63, 3.8) is 0 Å². The summed E-state index contributed by atoms with van der Waals surface area (Å²) in [5, 5.41) is 15.9. The fourth-order valence-electron chi connectivity index (χ4n) is 2.79. The third kappa shape index (κ3) is 3.27. The maximum Gasteiger partial charge on any atom is 0.125 e. The van der Waals surface area contributed by atoms with Gasteiger partial charge in [-0.2, -0.15) is 10.2 Å². The van der Waals surface area contributed by atoms with Crippen LogP contribution < -0.4 is 5.73 Å². The van der Waals surface area contributed by atoms with Gasteiger partial charge in [-0.25, -0.2) is 0 Å². The fourth-order valence-corrected chi connectivity index (χ4v) is 3.69. The molecule has 0 saturated carbocycles. The highest BCUT2D eigenvalue weighted by Gasteiger charge is 2.19. The van der Waals surface area contributed by atoms with Crippen LogP contribution in [0.4, 0.5) is 0 Å². The normalized spacial score (nSPS) is 15.7. The molecule has 1 aliphatic heterocycles. The lowest BCUT2D eigenvalue weighted by atomic mass is 10.1. The SMILES string of the molecule is N[C@@H](Cc1ccncc1)CN1CSC(c2ccc3[nH]ncc3c2)=N1. The van der Waals surface area contributed by atoms with Gasteiger partial charge in [0, 0.05) is 29.4 Å². The van der Waals surface area contributed by atoms with Gasteiger partial charge < -0.3 is 5.73 Å². The zero-order chi connectivity index (χ0) is 16.4. The Morgan fingerprint density at radius 1 is 1.25 bits per heavy atom. The Labute approximate surface area is 144 Å². The molecule has 0 amide bonds. The molecule has 4 rings (SSSR count). The minimum atomic E-state index is 0.0486. The summed E-state index contributed by atoms with van der Waals surface area (Å²) in [6.45, 7) is 0.743. The average molecular weight is 338 g/mol. The highest BCUT2D eigenvalue weighted by molar-refractivity contribution is 8.14. The summed E-state index contributed by atoms with van der Waals surface area (Å²) < 4.78 is 0. The molecule has 122 valence electrons. The Bertz CT molecular complexity index is 860. The second-order valence-electron chi connectivity index (χ2n) is 5.86. The molecular formula is C17H18N6S. The summed E-state index contributed by atoms with van der Waals surface area (Å²) in [7, 11) is 0. The van der Waals surface area contributed by atoms with Gasteiger partial charge in [0.1, 0.15) is 5.04 Å². The van der Waals surface area contributed by atoms with E-state index in [1.807, 2.05) is 29.4 Å². The number of fused-ring (bicyclic) bond motifs is 1. The Morgan fingerprint density at radius 2 is 2.12 bits per heavy atom. The Balaban J connectivity index is 1.42. The van der Waals surface area contributed by atoms with Crippen LogP contribution in [0.5, 0.6) is 0 Å². The van der Waals surface area contributed by atoms with Gasteiger partial charge in [-0.3, -0.25) is 15.1 Å². The van der Waals surface area contributed by atoms with Crippen molar-refractivity contribution in [3.05, 3.63) is 60.0 Å². The molecule has 2 aromatic heterocycles. The molecule has 1 aromatic carbocycles. The minimum Gasteiger partial charge on any atom is -0.326 e. The number of thioether (sulfide) groups is 1. The zero-order valence-electron chi connectivity index (χ0n) is 13.1. The first-order valence-electron chi connectivity index (χ1n) is 7.82. The van der Waals surface area contributed by atoms with Gasteiger partial charge in [0.05, 0.1) is 24.1 Å². The molecule has 1 atom stereocenters. The predicted molar refractivity (Wildman–Crippen MR) is 97.7 cm³/mol. The summed E-state index contributed by atoms with van der Waals surface area (Å²) in [6, 6.07) is 10.3. The van der Waals surface area contributed by atoms with Crippen LogP contribution in [-0.2, 0) is 6.42 Å². The van der Waals surface area contributed by atoms with Gasteiger partial charge in [0.25, 0.3) is 0 Å². The molecule has 3 aromatic rings. The van der Waals surface area contributed by atoms with Crippen LogP contribution in [0.25, 0.3) is 10.9 Å². The molecule has 3 N–H and O–H groups in total. The number of nitrogens with two attached hydrogens (primary N) is 1. The average Bonchev–Trinajstić information content (AvgIpc) is 3.24. The minimum absolute atomic E-state index is 0.0486. The Hall–Kier alpha value is -2.38. The van der Waals surface area contributed by atoms with Crippen LogP contribution in [0.3, 0.4) is 0 Å². The van der Waals surface area contributed by atoms with Crippen molar-refractivity contribution >= 4 is 27.7 Å². The molecule has 0 radical (unpaired) electrons. The van der Waals surface area contributed by atoms with Gasteiger partial charge in [0.15, 0.2) is 0 Å². The zero-order valence-corrected chi connectivity index (χ0v) is 13.9. The quantitative estimate of drug-likeness (QED) is 0.745. The van der Waals surface area contributed by atoms with E-state index in [0.717, 1.165) is 40.4 Å². The van der Waals surface area contributed by atoms with Crippen LogP contribution in [0.1, 0.15) is 11.1 Å². The molecular weight excluding hydrogens is 320 g/mol. The van der Waals surface area contributed by atoms with E-state index in [1.165, 1.54) is 5.56 Å². The van der Waals surface area contributed by atoms with E-state index < -0.39 is 0 Å². The van der Waals surface area contributed by atoms with Gasteiger partial charge in [-0.05, 0) is 36.2 Å². The standard InChI is InChI=1S/C17H18N6S/c18-15(7-12-3-5-19-6-4-12)10-23-11-24-17(22-23)13-1-2-16-14(8-13)9-20-21-16/h1-6,8-9,15H,7,10-11,18H2,(H,20,21)/t15-/m0/s1. The summed E-state index contributed by atoms with van der Waals surface area (Å²) in [5.41, 5.74) is 9.65. The van der Waals surface area contributed by atoms with E-state index in [4.69, 9.17) is 10.8 Å². The van der Waals surface area contributed by atoms with Crippen LogP contribution in [0.2, 0.25) is 0 Å². The molecule has 6 nitrogen and oxygen atoms in total. The first kappa shape index (κ1) is 15.2.